The highest BCUT2D eigenvalue weighted by atomic mass is 35.5. The number of hydrogen-bond acceptors (Lipinski definition) is 4. The molecule has 1 heterocycles. The molecule has 6 heteroatoms. The Bertz CT molecular complexity index is 1050. The van der Waals surface area contributed by atoms with Gasteiger partial charge in [-0.15, -0.1) is 0 Å². The molecule has 0 bridgehead atoms. The van der Waals surface area contributed by atoms with Gasteiger partial charge in [0.05, 0.1) is 25.2 Å². The summed E-state index contributed by atoms with van der Waals surface area (Å²) in [5, 5.41) is 1.52. The van der Waals surface area contributed by atoms with Gasteiger partial charge in [-0.2, -0.15) is 0 Å². The molecule has 0 fully saturated rings. The van der Waals surface area contributed by atoms with E-state index < -0.39 is 0 Å². The summed E-state index contributed by atoms with van der Waals surface area (Å²) in [5.41, 5.74) is 4.26. The van der Waals surface area contributed by atoms with E-state index >= 15 is 0 Å². The largest absolute Gasteiger partial charge is 0.466 e. The van der Waals surface area contributed by atoms with Crippen LogP contribution < -0.4 is 0 Å². The summed E-state index contributed by atoms with van der Waals surface area (Å²) in [6.45, 7) is 6.77. The minimum atomic E-state index is -0.378. The normalized spacial score (nSPS) is 10.9. The van der Waals surface area contributed by atoms with Crippen molar-refractivity contribution in [3.05, 3.63) is 69.9 Å². The molecule has 0 unspecified atom stereocenters. The van der Waals surface area contributed by atoms with Crippen LogP contribution in [0.25, 0.3) is 10.9 Å². The standard InChI is InChI=1S/C23H24ClNO4/c1-4-28-22(26)13-19-15(3)25(14-16-7-6-8-18(24)11-16)21-10-9-17(12-20(19)21)23(27)29-5-2/h6-12H,4-5,13-14H2,1-3H3. The van der Waals surface area contributed by atoms with E-state index in [0.717, 1.165) is 27.7 Å². The van der Waals surface area contributed by atoms with Crippen LogP contribution >= 0.6 is 11.6 Å². The van der Waals surface area contributed by atoms with Crippen molar-refractivity contribution in [2.45, 2.75) is 33.7 Å². The molecule has 5 nitrogen and oxygen atoms in total. The van der Waals surface area contributed by atoms with Crippen molar-refractivity contribution in [1.29, 1.82) is 0 Å². The van der Waals surface area contributed by atoms with Crippen LogP contribution in [0.4, 0.5) is 0 Å². The van der Waals surface area contributed by atoms with E-state index in [1.54, 1.807) is 26.0 Å². The molecule has 0 aliphatic rings. The zero-order valence-corrected chi connectivity index (χ0v) is 17.6. The van der Waals surface area contributed by atoms with Crippen molar-refractivity contribution in [1.82, 2.24) is 4.57 Å². The average Bonchev–Trinajstić information content (AvgIpc) is 2.93. The summed E-state index contributed by atoms with van der Waals surface area (Å²) in [5.74, 6) is -0.671. The SMILES string of the molecule is CCOC(=O)Cc1c(C)n(Cc2cccc(Cl)c2)c2ccc(C(=O)OCC)cc12. The summed E-state index contributed by atoms with van der Waals surface area (Å²) in [6.07, 6.45) is 0.144. The third kappa shape index (κ3) is 4.62. The number of esters is 2. The molecule has 0 aliphatic carbocycles. The molecule has 0 spiro atoms. The van der Waals surface area contributed by atoms with Gasteiger partial charge in [-0.25, -0.2) is 4.79 Å². The molecule has 29 heavy (non-hydrogen) atoms. The Hall–Kier alpha value is -2.79. The molecule has 0 saturated heterocycles. The van der Waals surface area contributed by atoms with E-state index in [1.807, 2.05) is 37.3 Å². The fourth-order valence-corrected chi connectivity index (χ4v) is 3.71. The summed E-state index contributed by atoms with van der Waals surface area (Å²) in [4.78, 5) is 24.4. The lowest BCUT2D eigenvalue weighted by Gasteiger charge is -2.10. The van der Waals surface area contributed by atoms with Crippen molar-refractivity contribution in [2.24, 2.45) is 0 Å². The molecule has 2 aromatic carbocycles. The smallest absolute Gasteiger partial charge is 0.338 e. The van der Waals surface area contributed by atoms with Crippen molar-refractivity contribution >= 4 is 34.4 Å². The van der Waals surface area contributed by atoms with Crippen LogP contribution in [0.15, 0.2) is 42.5 Å². The Labute approximate surface area is 175 Å². The molecule has 1 aromatic heterocycles. The van der Waals surface area contributed by atoms with E-state index in [9.17, 15) is 9.59 Å². The van der Waals surface area contributed by atoms with Crippen LogP contribution in [0, 0.1) is 6.92 Å². The number of rotatable bonds is 7. The molecular weight excluding hydrogens is 390 g/mol. The Morgan fingerprint density at radius 2 is 1.79 bits per heavy atom. The van der Waals surface area contributed by atoms with Crippen molar-refractivity contribution in [2.75, 3.05) is 13.2 Å². The summed E-state index contributed by atoms with van der Waals surface area (Å²) >= 11 is 6.14. The number of benzene rings is 2. The number of ether oxygens (including phenoxy) is 2. The molecule has 0 atom stereocenters. The third-order valence-corrected chi connectivity index (χ3v) is 5.06. The lowest BCUT2D eigenvalue weighted by Crippen LogP contribution is -2.09. The van der Waals surface area contributed by atoms with Gasteiger partial charge in [0.25, 0.3) is 0 Å². The number of carbonyl (C=O) groups is 2. The molecule has 0 aliphatic heterocycles. The lowest BCUT2D eigenvalue weighted by molar-refractivity contribution is -0.142. The maximum atomic E-state index is 12.2. The second kappa shape index (κ2) is 9.14. The second-order valence-electron chi connectivity index (χ2n) is 6.71. The van der Waals surface area contributed by atoms with Crippen LogP contribution in [-0.4, -0.2) is 29.7 Å². The fourth-order valence-electron chi connectivity index (χ4n) is 3.49. The summed E-state index contributed by atoms with van der Waals surface area (Å²) < 4.78 is 12.4. The average molecular weight is 414 g/mol. The van der Waals surface area contributed by atoms with Gasteiger partial charge in [0.2, 0.25) is 0 Å². The molecule has 0 radical (unpaired) electrons. The van der Waals surface area contributed by atoms with Gasteiger partial charge in [0.15, 0.2) is 0 Å². The highest BCUT2D eigenvalue weighted by Gasteiger charge is 2.19. The van der Waals surface area contributed by atoms with Crippen molar-refractivity contribution in [3.63, 3.8) is 0 Å². The Morgan fingerprint density at radius 3 is 2.48 bits per heavy atom. The fraction of sp³-hybridized carbons (Fsp3) is 0.304. The number of hydrogen-bond donors (Lipinski definition) is 0. The van der Waals surface area contributed by atoms with E-state index in [0.29, 0.717) is 30.3 Å². The number of halogens is 1. The topological polar surface area (TPSA) is 57.5 Å². The van der Waals surface area contributed by atoms with E-state index in [4.69, 9.17) is 21.1 Å². The van der Waals surface area contributed by atoms with Crippen LogP contribution in [0.5, 0.6) is 0 Å². The Kier molecular flexibility index (Phi) is 6.60. The third-order valence-electron chi connectivity index (χ3n) is 4.82. The van der Waals surface area contributed by atoms with Crippen molar-refractivity contribution in [3.8, 4) is 0 Å². The number of aromatic nitrogens is 1. The lowest BCUT2D eigenvalue weighted by atomic mass is 10.1. The van der Waals surface area contributed by atoms with Gasteiger partial charge < -0.3 is 14.0 Å². The van der Waals surface area contributed by atoms with Gasteiger partial charge in [-0.1, -0.05) is 23.7 Å². The number of nitrogens with zero attached hydrogens (tertiary/aromatic N) is 1. The van der Waals surface area contributed by atoms with Gasteiger partial charge in [-0.05, 0) is 62.2 Å². The van der Waals surface area contributed by atoms with Crippen LogP contribution in [0.1, 0.15) is 41.0 Å². The molecule has 3 rings (SSSR count). The van der Waals surface area contributed by atoms with Gasteiger partial charge in [0.1, 0.15) is 0 Å². The number of carbonyl (C=O) groups excluding carboxylic acids is 2. The van der Waals surface area contributed by atoms with E-state index in [1.165, 1.54) is 0 Å². The molecular formula is C23H24ClNO4. The number of fused-ring (bicyclic) bond motifs is 1. The molecule has 0 saturated carbocycles. The molecule has 0 amide bonds. The monoisotopic (exact) mass is 413 g/mol. The maximum Gasteiger partial charge on any atom is 0.338 e. The van der Waals surface area contributed by atoms with Gasteiger partial charge in [0, 0.05) is 28.2 Å². The van der Waals surface area contributed by atoms with Gasteiger partial charge >= 0.3 is 11.9 Å². The zero-order chi connectivity index (χ0) is 21.0. The first kappa shape index (κ1) is 20.9. The maximum absolute atomic E-state index is 12.2. The minimum Gasteiger partial charge on any atom is -0.466 e. The summed E-state index contributed by atoms with van der Waals surface area (Å²) in [6, 6.07) is 13.1. The second-order valence-corrected chi connectivity index (χ2v) is 7.15. The van der Waals surface area contributed by atoms with E-state index in [-0.39, 0.29) is 18.4 Å². The van der Waals surface area contributed by atoms with Crippen LogP contribution in [0.2, 0.25) is 5.02 Å². The molecule has 3 aromatic rings. The first-order valence-corrected chi connectivity index (χ1v) is 10.0. The predicted molar refractivity (Wildman–Crippen MR) is 114 cm³/mol. The molecule has 0 N–H and O–H groups in total. The zero-order valence-electron chi connectivity index (χ0n) is 16.8. The first-order valence-electron chi connectivity index (χ1n) is 9.63. The van der Waals surface area contributed by atoms with Crippen molar-refractivity contribution < 1.29 is 19.1 Å². The molecule has 152 valence electrons. The Balaban J connectivity index is 2.11. The summed E-state index contributed by atoms with van der Waals surface area (Å²) in [7, 11) is 0. The highest BCUT2D eigenvalue weighted by Crippen LogP contribution is 2.29. The van der Waals surface area contributed by atoms with E-state index in [2.05, 4.69) is 4.57 Å². The predicted octanol–water partition coefficient (Wildman–Crippen LogP) is 4.93. The highest BCUT2D eigenvalue weighted by molar-refractivity contribution is 6.30. The van der Waals surface area contributed by atoms with Gasteiger partial charge in [-0.3, -0.25) is 4.79 Å². The minimum absolute atomic E-state index is 0.144. The quantitative estimate of drug-likeness (QED) is 0.515. The Morgan fingerprint density at radius 1 is 1.03 bits per heavy atom. The first-order chi connectivity index (χ1) is 13.9. The van der Waals surface area contributed by atoms with Crippen LogP contribution in [0.3, 0.4) is 0 Å². The van der Waals surface area contributed by atoms with Crippen LogP contribution in [-0.2, 0) is 27.2 Å².